The van der Waals surface area contributed by atoms with E-state index in [-0.39, 0.29) is 5.60 Å². The van der Waals surface area contributed by atoms with E-state index in [9.17, 15) is 0 Å². The molecule has 2 heteroatoms. The number of hydrogen-bond donors (Lipinski definition) is 1. The van der Waals surface area contributed by atoms with Crippen LogP contribution in [0, 0.1) is 5.92 Å². The van der Waals surface area contributed by atoms with Crippen molar-refractivity contribution in [2.75, 3.05) is 0 Å². The molecule has 1 heterocycles. The fourth-order valence-corrected chi connectivity index (χ4v) is 2.16. The lowest BCUT2D eigenvalue weighted by atomic mass is 9.87. The van der Waals surface area contributed by atoms with Crippen LogP contribution in [0.25, 0.3) is 0 Å². The minimum absolute atomic E-state index is 0.173. The summed E-state index contributed by atoms with van der Waals surface area (Å²) in [5, 5.41) is 0. The van der Waals surface area contributed by atoms with Gasteiger partial charge in [0.1, 0.15) is 11.4 Å². The first-order chi connectivity index (χ1) is 6.42. The molecule has 76 valence electrons. The largest absolute Gasteiger partial charge is 0.483 e. The van der Waals surface area contributed by atoms with Crippen LogP contribution in [0.3, 0.4) is 0 Å². The van der Waals surface area contributed by atoms with Gasteiger partial charge in [0.25, 0.3) is 0 Å². The SMILES string of the molecule is CC1=C2C(=CC(N)=CC2C)OC1(C)C. The van der Waals surface area contributed by atoms with Crippen LogP contribution in [0.1, 0.15) is 27.7 Å². The second kappa shape index (κ2) is 2.66. The lowest BCUT2D eigenvalue weighted by Crippen LogP contribution is -2.19. The van der Waals surface area contributed by atoms with Gasteiger partial charge in [-0.25, -0.2) is 0 Å². The molecule has 1 aliphatic heterocycles. The molecule has 0 spiro atoms. The van der Waals surface area contributed by atoms with Crippen molar-refractivity contribution in [3.05, 3.63) is 34.8 Å². The summed E-state index contributed by atoms with van der Waals surface area (Å²) in [6.45, 7) is 8.49. The Morgan fingerprint density at radius 3 is 2.71 bits per heavy atom. The molecule has 14 heavy (non-hydrogen) atoms. The maximum Gasteiger partial charge on any atom is 0.126 e. The zero-order valence-electron chi connectivity index (χ0n) is 9.22. The van der Waals surface area contributed by atoms with Crippen molar-refractivity contribution in [3.8, 4) is 0 Å². The van der Waals surface area contributed by atoms with Gasteiger partial charge < -0.3 is 10.5 Å². The second-order valence-corrected chi connectivity index (χ2v) is 4.61. The van der Waals surface area contributed by atoms with E-state index in [0.29, 0.717) is 5.92 Å². The average Bonchev–Trinajstić information content (AvgIpc) is 2.21. The molecule has 2 nitrogen and oxygen atoms in total. The molecule has 0 saturated carbocycles. The molecule has 0 bridgehead atoms. The van der Waals surface area contributed by atoms with Crippen LogP contribution in [-0.2, 0) is 4.74 Å². The minimum atomic E-state index is -0.173. The van der Waals surface area contributed by atoms with Gasteiger partial charge in [0, 0.05) is 23.3 Å². The van der Waals surface area contributed by atoms with E-state index < -0.39 is 0 Å². The van der Waals surface area contributed by atoms with Gasteiger partial charge >= 0.3 is 0 Å². The fraction of sp³-hybridized carbons (Fsp3) is 0.500. The fourth-order valence-electron chi connectivity index (χ4n) is 2.16. The van der Waals surface area contributed by atoms with E-state index in [1.807, 2.05) is 6.08 Å². The number of rotatable bonds is 0. The molecule has 0 amide bonds. The van der Waals surface area contributed by atoms with Crippen LogP contribution < -0.4 is 5.73 Å². The molecule has 1 unspecified atom stereocenters. The highest BCUT2D eigenvalue weighted by atomic mass is 16.5. The van der Waals surface area contributed by atoms with E-state index in [2.05, 4.69) is 33.8 Å². The van der Waals surface area contributed by atoms with Gasteiger partial charge in [-0.15, -0.1) is 0 Å². The second-order valence-electron chi connectivity index (χ2n) is 4.61. The van der Waals surface area contributed by atoms with Crippen LogP contribution >= 0.6 is 0 Å². The highest BCUT2D eigenvalue weighted by molar-refractivity contribution is 5.49. The maximum absolute atomic E-state index is 5.87. The molecular formula is C12H17NO. The Morgan fingerprint density at radius 1 is 1.43 bits per heavy atom. The van der Waals surface area contributed by atoms with E-state index in [1.54, 1.807) is 0 Å². The Bertz CT molecular complexity index is 372. The standard InChI is InChI=1S/C12H17NO/c1-7-5-9(13)6-10-11(7)8(2)12(3,4)14-10/h5-7H,13H2,1-4H3. The summed E-state index contributed by atoms with van der Waals surface area (Å²) in [6.07, 6.45) is 4.00. The topological polar surface area (TPSA) is 35.2 Å². The third-order valence-corrected chi connectivity index (χ3v) is 3.13. The molecule has 0 aromatic heterocycles. The molecule has 0 radical (unpaired) electrons. The Balaban J connectivity index is 2.53. The number of nitrogens with two attached hydrogens (primary N) is 1. The van der Waals surface area contributed by atoms with Gasteiger partial charge in [-0.2, -0.15) is 0 Å². The lowest BCUT2D eigenvalue weighted by Gasteiger charge is -2.20. The molecule has 2 rings (SSSR count). The van der Waals surface area contributed by atoms with Crippen LogP contribution in [0.4, 0.5) is 0 Å². The van der Waals surface area contributed by atoms with Crippen LogP contribution in [-0.4, -0.2) is 5.60 Å². The first-order valence-corrected chi connectivity index (χ1v) is 5.01. The summed E-state index contributed by atoms with van der Waals surface area (Å²) in [5.74, 6) is 1.33. The number of hydrogen-bond acceptors (Lipinski definition) is 2. The van der Waals surface area contributed by atoms with E-state index in [0.717, 1.165) is 11.5 Å². The molecule has 1 aliphatic carbocycles. The molecule has 2 N–H and O–H groups in total. The maximum atomic E-state index is 5.87. The van der Waals surface area contributed by atoms with Crippen molar-refractivity contribution >= 4 is 0 Å². The monoisotopic (exact) mass is 191 g/mol. The van der Waals surface area contributed by atoms with Gasteiger partial charge in [-0.05, 0) is 26.3 Å². The van der Waals surface area contributed by atoms with Gasteiger partial charge in [0.15, 0.2) is 0 Å². The molecule has 0 saturated heterocycles. The number of ether oxygens (including phenoxy) is 1. The van der Waals surface area contributed by atoms with Gasteiger partial charge in [-0.1, -0.05) is 13.0 Å². The predicted molar refractivity (Wildman–Crippen MR) is 57.4 cm³/mol. The Hall–Kier alpha value is -1.18. The van der Waals surface area contributed by atoms with Crippen molar-refractivity contribution in [2.24, 2.45) is 11.7 Å². The molecule has 0 fully saturated rings. The molecular weight excluding hydrogens is 174 g/mol. The van der Waals surface area contributed by atoms with Crippen molar-refractivity contribution in [1.82, 2.24) is 0 Å². The van der Waals surface area contributed by atoms with Gasteiger partial charge in [0.05, 0.1) is 0 Å². The highest BCUT2D eigenvalue weighted by Gasteiger charge is 2.37. The molecule has 0 aromatic carbocycles. The lowest BCUT2D eigenvalue weighted by molar-refractivity contribution is 0.0925. The van der Waals surface area contributed by atoms with Gasteiger partial charge in [-0.3, -0.25) is 0 Å². The third kappa shape index (κ3) is 1.17. The molecule has 0 aromatic rings. The van der Waals surface area contributed by atoms with Crippen molar-refractivity contribution in [3.63, 3.8) is 0 Å². The zero-order chi connectivity index (χ0) is 10.5. The predicted octanol–water partition coefficient (Wildman–Crippen LogP) is 2.49. The first kappa shape index (κ1) is 9.38. The summed E-state index contributed by atoms with van der Waals surface area (Å²) < 4.78 is 5.87. The highest BCUT2D eigenvalue weighted by Crippen LogP contribution is 2.43. The first-order valence-electron chi connectivity index (χ1n) is 5.01. The van der Waals surface area contributed by atoms with Crippen LogP contribution in [0.15, 0.2) is 34.8 Å². The van der Waals surface area contributed by atoms with Gasteiger partial charge in [0.2, 0.25) is 0 Å². The van der Waals surface area contributed by atoms with Crippen molar-refractivity contribution in [2.45, 2.75) is 33.3 Å². The summed E-state index contributed by atoms with van der Waals surface area (Å²) in [7, 11) is 0. The molecule has 1 atom stereocenters. The Labute approximate surface area is 85.1 Å². The van der Waals surface area contributed by atoms with E-state index >= 15 is 0 Å². The molecule has 2 aliphatic rings. The van der Waals surface area contributed by atoms with E-state index in [1.165, 1.54) is 11.1 Å². The number of fused-ring (bicyclic) bond motifs is 1. The van der Waals surface area contributed by atoms with Crippen molar-refractivity contribution < 1.29 is 4.74 Å². The van der Waals surface area contributed by atoms with Crippen LogP contribution in [0.5, 0.6) is 0 Å². The van der Waals surface area contributed by atoms with Crippen molar-refractivity contribution in [1.29, 1.82) is 0 Å². The third-order valence-electron chi connectivity index (χ3n) is 3.13. The minimum Gasteiger partial charge on any atom is -0.483 e. The summed E-state index contributed by atoms with van der Waals surface area (Å²) in [5.41, 5.74) is 9.06. The normalized spacial score (nSPS) is 29.3. The number of allylic oxidation sites excluding steroid dienone is 3. The Kier molecular flexibility index (Phi) is 1.78. The van der Waals surface area contributed by atoms with Crippen LogP contribution in [0.2, 0.25) is 0 Å². The summed E-state index contributed by atoms with van der Waals surface area (Å²) >= 11 is 0. The smallest absolute Gasteiger partial charge is 0.126 e. The zero-order valence-corrected chi connectivity index (χ0v) is 9.22. The average molecular weight is 191 g/mol. The quantitative estimate of drug-likeness (QED) is 0.638. The summed E-state index contributed by atoms with van der Waals surface area (Å²) in [4.78, 5) is 0. The summed E-state index contributed by atoms with van der Waals surface area (Å²) in [6, 6.07) is 0. The Morgan fingerprint density at radius 2 is 2.07 bits per heavy atom. The van der Waals surface area contributed by atoms with E-state index in [4.69, 9.17) is 10.5 Å².